The summed E-state index contributed by atoms with van der Waals surface area (Å²) in [5.74, 6) is 0. The minimum Gasteiger partial charge on any atom is -0.257 e. The van der Waals surface area contributed by atoms with Gasteiger partial charge in [0, 0.05) is 32.9 Å². The van der Waals surface area contributed by atoms with Crippen LogP contribution in [0.15, 0.2) is 72.9 Å². The Labute approximate surface area is 183 Å². The first-order valence-electron chi connectivity index (χ1n) is 11.8. The molecule has 5 rings (SSSR count). The van der Waals surface area contributed by atoms with Crippen molar-refractivity contribution in [2.24, 2.45) is 7.05 Å². The Morgan fingerprint density at radius 1 is 0.900 bits per heavy atom. The highest BCUT2D eigenvalue weighted by molar-refractivity contribution is 5.88. The van der Waals surface area contributed by atoms with Crippen molar-refractivity contribution in [2.45, 2.75) is 33.0 Å². The molecule has 0 aliphatic heterocycles. The highest BCUT2D eigenvalue weighted by atomic mass is 14.9. The fourth-order valence-corrected chi connectivity index (χ4v) is 4.68. The summed E-state index contributed by atoms with van der Waals surface area (Å²) in [6.45, 7) is 3.55. The zero-order valence-corrected chi connectivity index (χ0v) is 17.8. The summed E-state index contributed by atoms with van der Waals surface area (Å²) in [6.07, 6.45) is 2.05. The first-order chi connectivity index (χ1) is 15.6. The van der Waals surface area contributed by atoms with Crippen LogP contribution in [-0.4, -0.2) is 4.98 Å². The first-order valence-corrected chi connectivity index (χ1v) is 10.3. The van der Waals surface area contributed by atoms with E-state index in [4.69, 9.17) is 9.10 Å². The van der Waals surface area contributed by atoms with Crippen molar-refractivity contribution in [1.29, 1.82) is 0 Å². The smallest absolute Gasteiger partial charge is 0.213 e. The maximum Gasteiger partial charge on any atom is 0.213 e. The molecule has 0 saturated carbocycles. The van der Waals surface area contributed by atoms with Gasteiger partial charge in [-0.15, -0.1) is 0 Å². The number of fused-ring (bicyclic) bond motifs is 3. The lowest BCUT2D eigenvalue weighted by Gasteiger charge is -2.24. The van der Waals surface area contributed by atoms with E-state index < -0.39 is 12.3 Å². The van der Waals surface area contributed by atoms with Crippen LogP contribution in [0.25, 0.3) is 33.5 Å². The quantitative estimate of drug-likeness (QED) is 0.372. The fraction of sp³-hybridized carbons (Fsp3) is 0.214. The van der Waals surface area contributed by atoms with Gasteiger partial charge in [0.15, 0.2) is 6.20 Å². The van der Waals surface area contributed by atoms with Gasteiger partial charge in [0.2, 0.25) is 5.69 Å². The average Bonchev–Trinajstić information content (AvgIpc) is 3.04. The Hall–Kier alpha value is -3.26. The number of benzene rings is 2. The van der Waals surface area contributed by atoms with E-state index >= 15 is 0 Å². The number of aromatic nitrogens is 2. The van der Waals surface area contributed by atoms with E-state index in [2.05, 4.69) is 47.9 Å². The molecular formula is C28H27N2+. The third kappa shape index (κ3) is 2.71. The molecule has 1 unspecified atom stereocenters. The molecule has 0 saturated heterocycles. The van der Waals surface area contributed by atoms with Gasteiger partial charge >= 0.3 is 0 Å². The molecular weight excluding hydrogens is 364 g/mol. The van der Waals surface area contributed by atoms with Crippen molar-refractivity contribution in [3.63, 3.8) is 0 Å². The molecule has 1 aliphatic carbocycles. The Bertz CT molecular complexity index is 1390. The van der Waals surface area contributed by atoms with Crippen molar-refractivity contribution in [1.82, 2.24) is 4.98 Å². The molecule has 1 atom stereocenters. The molecule has 2 nitrogen and oxygen atoms in total. The highest BCUT2D eigenvalue weighted by Crippen LogP contribution is 2.52. The normalized spacial score (nSPS) is 18.9. The van der Waals surface area contributed by atoms with Crippen molar-refractivity contribution < 1.29 is 8.68 Å². The van der Waals surface area contributed by atoms with Crippen LogP contribution in [0.4, 0.5) is 0 Å². The Kier molecular flexibility index (Phi) is 3.44. The third-order valence-corrected chi connectivity index (χ3v) is 6.23. The maximum atomic E-state index is 8.60. The van der Waals surface area contributed by atoms with Crippen LogP contribution in [0.5, 0.6) is 0 Å². The summed E-state index contributed by atoms with van der Waals surface area (Å²) < 4.78 is 27.9. The van der Waals surface area contributed by atoms with E-state index in [9.17, 15) is 0 Å². The predicted molar refractivity (Wildman–Crippen MR) is 123 cm³/mol. The SMILES string of the molecule is [2H]C([2H])([2H])C1(C)c2nc(C)ccc2-c2ccc(C)c(-c3cc(-c4ccccc4)cc[n+]3C)c21. The Balaban J connectivity index is 1.86. The summed E-state index contributed by atoms with van der Waals surface area (Å²) in [7, 11) is 2.01. The second-order valence-corrected chi connectivity index (χ2v) is 8.43. The van der Waals surface area contributed by atoms with Gasteiger partial charge in [0.1, 0.15) is 7.05 Å². The van der Waals surface area contributed by atoms with Gasteiger partial charge in [-0.1, -0.05) is 62.3 Å². The van der Waals surface area contributed by atoms with Crippen molar-refractivity contribution in [2.75, 3.05) is 0 Å². The van der Waals surface area contributed by atoms with Gasteiger partial charge in [-0.3, -0.25) is 4.98 Å². The minimum absolute atomic E-state index is 0.645. The van der Waals surface area contributed by atoms with Crippen LogP contribution in [0.2, 0.25) is 0 Å². The van der Waals surface area contributed by atoms with E-state index in [0.29, 0.717) is 5.69 Å². The van der Waals surface area contributed by atoms with Gasteiger partial charge in [-0.2, -0.15) is 0 Å². The van der Waals surface area contributed by atoms with Gasteiger partial charge in [0.25, 0.3) is 0 Å². The van der Waals surface area contributed by atoms with Crippen molar-refractivity contribution >= 4 is 0 Å². The molecule has 2 heterocycles. The first kappa shape index (κ1) is 15.6. The summed E-state index contributed by atoms with van der Waals surface area (Å²) in [6, 6.07) is 22.7. The van der Waals surface area contributed by atoms with Gasteiger partial charge in [0.05, 0.1) is 11.3 Å². The lowest BCUT2D eigenvalue weighted by atomic mass is 9.80. The van der Waals surface area contributed by atoms with Crippen molar-refractivity contribution in [3.8, 4) is 33.5 Å². The molecule has 0 amide bonds. The van der Waals surface area contributed by atoms with E-state index in [1.165, 1.54) is 0 Å². The standard InChI is InChI=1S/C28H27N2/c1-18-11-13-22-23-14-12-19(2)29-27(23)28(3,4)26(22)25(18)24-17-21(15-16-30(24)5)20-9-7-6-8-10-20/h6-17H,1-5H3/q+1/i3D3. The largest absolute Gasteiger partial charge is 0.257 e. The van der Waals surface area contributed by atoms with Crippen LogP contribution in [0.3, 0.4) is 0 Å². The van der Waals surface area contributed by atoms with Crippen molar-refractivity contribution in [3.05, 3.63) is 95.4 Å². The number of aryl methyl sites for hydroxylation is 3. The van der Waals surface area contributed by atoms with Crippen LogP contribution in [0, 0.1) is 13.8 Å². The second kappa shape index (κ2) is 6.63. The van der Waals surface area contributed by atoms with E-state index in [-0.39, 0.29) is 0 Å². The molecule has 0 radical (unpaired) electrons. The maximum absolute atomic E-state index is 8.60. The molecule has 2 aromatic heterocycles. The lowest BCUT2D eigenvalue weighted by molar-refractivity contribution is -0.660. The molecule has 1 aliphatic rings. The molecule has 0 spiro atoms. The van der Waals surface area contributed by atoms with E-state index in [1.807, 2.05) is 57.4 Å². The molecule has 2 heteroatoms. The number of nitrogens with zero attached hydrogens (tertiary/aromatic N) is 2. The van der Waals surface area contributed by atoms with Gasteiger partial charge in [-0.05, 0) is 47.7 Å². The summed E-state index contributed by atoms with van der Waals surface area (Å²) in [5.41, 5.74) is 8.22. The topological polar surface area (TPSA) is 16.8 Å². The van der Waals surface area contributed by atoms with E-state index in [1.54, 1.807) is 0 Å². The lowest BCUT2D eigenvalue weighted by Crippen LogP contribution is -2.32. The molecule has 4 aromatic rings. The fourth-order valence-electron chi connectivity index (χ4n) is 4.68. The number of pyridine rings is 2. The number of hydrogen-bond donors (Lipinski definition) is 0. The average molecular weight is 395 g/mol. The zero-order chi connectivity index (χ0) is 23.5. The Morgan fingerprint density at radius 3 is 2.43 bits per heavy atom. The van der Waals surface area contributed by atoms with Gasteiger partial charge in [-0.25, -0.2) is 4.57 Å². The third-order valence-electron chi connectivity index (χ3n) is 6.23. The molecule has 0 N–H and O–H groups in total. The van der Waals surface area contributed by atoms with Gasteiger partial charge < -0.3 is 0 Å². The van der Waals surface area contributed by atoms with Crippen LogP contribution in [0.1, 0.15) is 40.4 Å². The number of hydrogen-bond acceptors (Lipinski definition) is 1. The molecule has 148 valence electrons. The zero-order valence-electron chi connectivity index (χ0n) is 20.8. The van der Waals surface area contributed by atoms with Crippen LogP contribution < -0.4 is 4.57 Å². The molecule has 0 fully saturated rings. The van der Waals surface area contributed by atoms with Crippen LogP contribution >= 0.6 is 0 Å². The van der Waals surface area contributed by atoms with Crippen LogP contribution in [-0.2, 0) is 12.5 Å². The molecule has 30 heavy (non-hydrogen) atoms. The second-order valence-electron chi connectivity index (χ2n) is 8.43. The summed E-state index contributed by atoms with van der Waals surface area (Å²) in [4.78, 5) is 4.77. The monoisotopic (exact) mass is 394 g/mol. The Morgan fingerprint density at radius 2 is 1.67 bits per heavy atom. The minimum atomic E-state index is -2.26. The number of rotatable bonds is 2. The predicted octanol–water partition coefficient (Wildman–Crippen LogP) is 6.16. The van der Waals surface area contributed by atoms with E-state index in [0.717, 1.165) is 50.3 Å². The molecule has 0 bridgehead atoms. The summed E-state index contributed by atoms with van der Waals surface area (Å²) in [5, 5.41) is 0. The highest BCUT2D eigenvalue weighted by Gasteiger charge is 2.41. The molecule has 2 aromatic carbocycles. The summed E-state index contributed by atoms with van der Waals surface area (Å²) >= 11 is 0.